The molecule has 0 aliphatic heterocycles. The fraction of sp³-hybridized carbons (Fsp3) is 0.435. The van der Waals surface area contributed by atoms with Gasteiger partial charge in [0.05, 0.1) is 11.7 Å². The first-order valence-corrected chi connectivity index (χ1v) is 13.8. The molecule has 2 aromatic carbocycles. The summed E-state index contributed by atoms with van der Waals surface area (Å²) in [6.45, 7) is 13.2. The Morgan fingerprint density at radius 3 is 2.34 bits per heavy atom. The van der Waals surface area contributed by atoms with Crippen LogP contribution in [0.1, 0.15) is 53.9 Å². The lowest BCUT2D eigenvalue weighted by atomic mass is 10.0. The second kappa shape index (κ2) is 10.0. The second-order valence-electron chi connectivity index (χ2n) is 8.71. The van der Waals surface area contributed by atoms with Gasteiger partial charge >= 0.3 is 5.97 Å². The van der Waals surface area contributed by atoms with Crippen LogP contribution < -0.4 is 0 Å². The van der Waals surface area contributed by atoms with E-state index >= 15 is 0 Å². The maximum Gasteiger partial charge on any atom is 0.373 e. The number of halogens is 1. The lowest BCUT2D eigenvalue weighted by molar-refractivity contribution is -0.250. The molecule has 0 saturated heterocycles. The zero-order valence-electron chi connectivity index (χ0n) is 18.1. The van der Waals surface area contributed by atoms with Crippen molar-refractivity contribution in [3.05, 3.63) is 70.8 Å². The molecular weight excluding hydrogens is 448 g/mol. The lowest BCUT2D eigenvalue weighted by Gasteiger charge is -2.39. The van der Waals surface area contributed by atoms with E-state index < -0.39 is 14.3 Å². The van der Waals surface area contributed by atoms with E-state index in [1.165, 1.54) is 0 Å². The summed E-state index contributed by atoms with van der Waals surface area (Å²) in [5, 5.41) is 0.757. The van der Waals surface area contributed by atoms with Gasteiger partial charge in [0.2, 0.25) is 0 Å². The number of alkyl halides is 1. The smallest absolute Gasteiger partial charge is 0.373 e. The van der Waals surface area contributed by atoms with Crippen molar-refractivity contribution < 1.29 is 19.0 Å². The Morgan fingerprint density at radius 2 is 1.76 bits per heavy atom. The van der Waals surface area contributed by atoms with Gasteiger partial charge in [0.1, 0.15) is 6.61 Å². The molecule has 0 spiro atoms. The predicted molar refractivity (Wildman–Crippen MR) is 123 cm³/mol. The molecule has 0 aromatic heterocycles. The van der Waals surface area contributed by atoms with Crippen LogP contribution in [-0.2, 0) is 20.8 Å². The summed E-state index contributed by atoms with van der Waals surface area (Å²) >= 11 is 3.58. The fourth-order valence-electron chi connectivity index (χ4n) is 2.55. The highest BCUT2D eigenvalue weighted by Gasteiger charge is 2.39. The third-order valence-electron chi connectivity index (χ3n) is 5.44. The van der Waals surface area contributed by atoms with E-state index in [1.807, 2.05) is 55.5 Å². The van der Waals surface area contributed by atoms with E-state index in [4.69, 9.17) is 14.2 Å². The molecule has 0 bridgehead atoms. The molecule has 0 unspecified atom stereocenters. The first-order valence-electron chi connectivity index (χ1n) is 9.77. The standard InChI is InChI=1S/C23H31BrO4Si/c1-17-12-13-19(21(15-24)28-29(5,6)23(2,3)4)14-20(17)22(25)27-26-16-18-10-8-7-9-11-18/h7-14,21H,15-16H2,1-6H3/t21-/m0/s1. The minimum absolute atomic E-state index is 0.102. The molecule has 0 fully saturated rings. The van der Waals surface area contributed by atoms with Crippen molar-refractivity contribution in [2.24, 2.45) is 0 Å². The van der Waals surface area contributed by atoms with E-state index in [-0.39, 0.29) is 17.7 Å². The minimum atomic E-state index is -1.96. The van der Waals surface area contributed by atoms with E-state index in [0.717, 1.165) is 16.7 Å². The van der Waals surface area contributed by atoms with Crippen LogP contribution in [0.15, 0.2) is 48.5 Å². The first kappa shape index (κ1) is 23.8. The summed E-state index contributed by atoms with van der Waals surface area (Å²) in [5.41, 5.74) is 3.21. The number of hydrogen-bond acceptors (Lipinski definition) is 4. The first-order chi connectivity index (χ1) is 13.5. The molecule has 0 heterocycles. The highest BCUT2D eigenvalue weighted by Crippen LogP contribution is 2.40. The van der Waals surface area contributed by atoms with Gasteiger partial charge in [-0.15, -0.1) is 0 Å². The number of rotatable bonds is 8. The van der Waals surface area contributed by atoms with Crippen LogP contribution in [0, 0.1) is 6.92 Å². The van der Waals surface area contributed by atoms with Gasteiger partial charge in [0.15, 0.2) is 8.32 Å². The lowest BCUT2D eigenvalue weighted by Crippen LogP contribution is -2.42. The average Bonchev–Trinajstić information content (AvgIpc) is 2.66. The van der Waals surface area contributed by atoms with E-state index in [9.17, 15) is 4.79 Å². The molecular formula is C23H31BrO4Si. The number of benzene rings is 2. The van der Waals surface area contributed by atoms with Gasteiger partial charge in [0.25, 0.3) is 0 Å². The van der Waals surface area contributed by atoms with Crippen molar-refractivity contribution >= 4 is 30.2 Å². The van der Waals surface area contributed by atoms with Crippen molar-refractivity contribution in [1.29, 1.82) is 0 Å². The van der Waals surface area contributed by atoms with Crippen LogP contribution >= 0.6 is 15.9 Å². The Bertz CT molecular complexity index is 815. The molecule has 0 saturated carbocycles. The molecule has 4 nitrogen and oxygen atoms in total. The van der Waals surface area contributed by atoms with Gasteiger partial charge in [0, 0.05) is 5.33 Å². The molecule has 1 atom stereocenters. The average molecular weight is 479 g/mol. The Labute approximate surface area is 183 Å². The maximum absolute atomic E-state index is 12.6. The molecule has 2 rings (SSSR count). The summed E-state index contributed by atoms with van der Waals surface area (Å²) in [6.07, 6.45) is -0.131. The highest BCUT2D eigenvalue weighted by atomic mass is 79.9. The highest BCUT2D eigenvalue weighted by molar-refractivity contribution is 9.09. The second-order valence-corrected chi connectivity index (χ2v) is 14.1. The number of carbonyl (C=O) groups excluding carboxylic acids is 1. The monoisotopic (exact) mass is 478 g/mol. The van der Waals surface area contributed by atoms with Crippen molar-refractivity contribution in [1.82, 2.24) is 0 Å². The Hall–Kier alpha value is -1.47. The zero-order valence-corrected chi connectivity index (χ0v) is 20.7. The zero-order chi connectivity index (χ0) is 21.7. The van der Waals surface area contributed by atoms with Gasteiger partial charge in [-0.25, -0.2) is 4.79 Å². The Balaban J connectivity index is 2.11. The van der Waals surface area contributed by atoms with Gasteiger partial charge in [-0.3, -0.25) is 4.89 Å². The van der Waals surface area contributed by atoms with Crippen molar-refractivity contribution in [3.63, 3.8) is 0 Å². The van der Waals surface area contributed by atoms with Gasteiger partial charge in [-0.2, -0.15) is 4.89 Å². The Morgan fingerprint density at radius 1 is 1.10 bits per heavy atom. The van der Waals surface area contributed by atoms with E-state index in [0.29, 0.717) is 10.9 Å². The quantitative estimate of drug-likeness (QED) is 0.182. The fourth-order valence-corrected chi connectivity index (χ4v) is 4.59. The van der Waals surface area contributed by atoms with Crippen molar-refractivity contribution in [2.75, 3.05) is 5.33 Å². The predicted octanol–water partition coefficient (Wildman–Crippen LogP) is 6.74. The van der Waals surface area contributed by atoms with Crippen LogP contribution in [0.2, 0.25) is 18.1 Å². The number of aryl methyl sites for hydroxylation is 1. The van der Waals surface area contributed by atoms with Gasteiger partial charge in [-0.05, 0) is 47.8 Å². The molecule has 0 radical (unpaired) electrons. The minimum Gasteiger partial charge on any atom is -0.409 e. The molecule has 0 aliphatic rings. The van der Waals surface area contributed by atoms with Crippen LogP contribution in [0.5, 0.6) is 0 Å². The van der Waals surface area contributed by atoms with Gasteiger partial charge < -0.3 is 4.43 Å². The van der Waals surface area contributed by atoms with Gasteiger partial charge in [-0.1, -0.05) is 79.2 Å². The molecule has 29 heavy (non-hydrogen) atoms. The molecule has 0 aliphatic carbocycles. The molecule has 6 heteroatoms. The van der Waals surface area contributed by atoms with E-state index in [1.54, 1.807) is 0 Å². The topological polar surface area (TPSA) is 44.8 Å². The third kappa shape index (κ3) is 6.51. The summed E-state index contributed by atoms with van der Waals surface area (Å²) < 4.78 is 6.56. The largest absolute Gasteiger partial charge is 0.409 e. The van der Waals surface area contributed by atoms with Crippen LogP contribution in [0.25, 0.3) is 0 Å². The number of carbonyl (C=O) groups is 1. The van der Waals surface area contributed by atoms with Crippen LogP contribution in [0.3, 0.4) is 0 Å². The SMILES string of the molecule is Cc1ccc([C@H](CBr)O[Si](C)(C)C(C)(C)C)cc1C(=O)OOCc1ccccc1. The summed E-state index contributed by atoms with van der Waals surface area (Å²) in [4.78, 5) is 22.8. The molecule has 0 amide bonds. The van der Waals surface area contributed by atoms with Crippen molar-refractivity contribution in [2.45, 2.75) is 58.5 Å². The van der Waals surface area contributed by atoms with Crippen LogP contribution in [0.4, 0.5) is 0 Å². The summed E-state index contributed by atoms with van der Waals surface area (Å²) in [6, 6.07) is 15.4. The molecule has 0 N–H and O–H groups in total. The third-order valence-corrected chi connectivity index (χ3v) is 10.5. The Kier molecular flexibility index (Phi) is 8.23. The van der Waals surface area contributed by atoms with Crippen LogP contribution in [-0.4, -0.2) is 19.6 Å². The molecule has 2 aromatic rings. The summed E-state index contributed by atoms with van der Waals surface area (Å²) in [7, 11) is -1.96. The molecule has 158 valence electrons. The van der Waals surface area contributed by atoms with Crippen molar-refractivity contribution in [3.8, 4) is 0 Å². The normalized spacial score (nSPS) is 13.2. The summed E-state index contributed by atoms with van der Waals surface area (Å²) in [5.74, 6) is -0.499. The van der Waals surface area contributed by atoms with E-state index in [2.05, 4.69) is 49.8 Å². The maximum atomic E-state index is 12.6. The number of hydrogen-bond donors (Lipinski definition) is 0.